The van der Waals surface area contributed by atoms with Crippen LogP contribution in [0.15, 0.2) is 42.5 Å². The Morgan fingerprint density at radius 2 is 1.86 bits per heavy atom. The summed E-state index contributed by atoms with van der Waals surface area (Å²) in [5, 5.41) is 13.7. The molecular formula is C16H17N3O3. The summed E-state index contributed by atoms with van der Waals surface area (Å²) in [4.78, 5) is 24.6. The van der Waals surface area contributed by atoms with E-state index >= 15 is 0 Å². The number of hydrogen-bond acceptors (Lipinski definition) is 4. The normalized spacial score (nSPS) is 10.1. The predicted molar refractivity (Wildman–Crippen MR) is 86.6 cm³/mol. The molecule has 0 aliphatic carbocycles. The number of hydrogen-bond donors (Lipinski definition) is 1. The summed E-state index contributed by atoms with van der Waals surface area (Å²) in [6, 6.07) is 11.4. The number of para-hydroxylation sites is 1. The zero-order valence-corrected chi connectivity index (χ0v) is 12.7. The first-order valence-corrected chi connectivity index (χ1v) is 6.73. The molecule has 0 aromatic heterocycles. The number of rotatable bonds is 4. The van der Waals surface area contributed by atoms with Crippen molar-refractivity contribution in [1.82, 2.24) is 0 Å². The fourth-order valence-electron chi connectivity index (χ4n) is 2.26. The van der Waals surface area contributed by atoms with E-state index in [1.165, 1.54) is 18.2 Å². The van der Waals surface area contributed by atoms with Crippen molar-refractivity contribution in [3.63, 3.8) is 0 Å². The van der Waals surface area contributed by atoms with Crippen LogP contribution in [-0.4, -0.2) is 24.9 Å². The highest BCUT2D eigenvalue weighted by Gasteiger charge is 2.19. The van der Waals surface area contributed by atoms with Crippen LogP contribution in [0, 0.1) is 17.0 Å². The number of carbonyl (C=O) groups excluding carboxylic acids is 1. The molecule has 0 saturated carbocycles. The average Bonchev–Trinajstić information content (AvgIpc) is 2.46. The molecule has 2 rings (SSSR count). The Balaban J connectivity index is 2.26. The smallest absolute Gasteiger partial charge is 0.282 e. The summed E-state index contributed by atoms with van der Waals surface area (Å²) in [6.45, 7) is 1.94. The van der Waals surface area contributed by atoms with Crippen LogP contribution >= 0.6 is 0 Å². The van der Waals surface area contributed by atoms with Gasteiger partial charge in [-0.1, -0.05) is 12.1 Å². The van der Waals surface area contributed by atoms with Crippen LogP contribution in [0.2, 0.25) is 0 Å². The van der Waals surface area contributed by atoms with Crippen molar-refractivity contribution in [3.8, 4) is 0 Å². The second-order valence-electron chi connectivity index (χ2n) is 5.12. The molecule has 6 heteroatoms. The standard InChI is InChI=1S/C16H17N3O3/c1-11-10-12(8-9-14(11)18(2)3)17-16(20)13-6-4-5-7-15(13)19(21)22/h4-10H,1-3H3,(H,17,20). The van der Waals surface area contributed by atoms with Crippen LogP contribution in [0.25, 0.3) is 0 Å². The maximum Gasteiger partial charge on any atom is 0.282 e. The van der Waals surface area contributed by atoms with Gasteiger partial charge in [0.1, 0.15) is 5.56 Å². The lowest BCUT2D eigenvalue weighted by Gasteiger charge is -2.16. The minimum atomic E-state index is -0.560. The monoisotopic (exact) mass is 299 g/mol. The molecule has 0 unspecified atom stereocenters. The van der Waals surface area contributed by atoms with E-state index in [2.05, 4.69) is 5.32 Å². The molecule has 0 aliphatic heterocycles. The van der Waals surface area contributed by atoms with Gasteiger partial charge in [-0.15, -0.1) is 0 Å². The topological polar surface area (TPSA) is 75.5 Å². The molecule has 22 heavy (non-hydrogen) atoms. The Morgan fingerprint density at radius 1 is 1.18 bits per heavy atom. The Labute approximate surface area is 128 Å². The summed E-state index contributed by atoms with van der Waals surface area (Å²) in [5.74, 6) is -0.496. The van der Waals surface area contributed by atoms with Crippen LogP contribution in [0.4, 0.5) is 17.1 Å². The second-order valence-corrected chi connectivity index (χ2v) is 5.12. The molecule has 0 saturated heterocycles. The van der Waals surface area contributed by atoms with E-state index in [9.17, 15) is 14.9 Å². The van der Waals surface area contributed by atoms with Crippen LogP contribution in [0.3, 0.4) is 0 Å². The minimum Gasteiger partial charge on any atom is -0.377 e. The van der Waals surface area contributed by atoms with Gasteiger partial charge < -0.3 is 10.2 Å². The van der Waals surface area contributed by atoms with Crippen molar-refractivity contribution in [2.24, 2.45) is 0 Å². The van der Waals surface area contributed by atoms with Crippen LogP contribution in [0.5, 0.6) is 0 Å². The third-order valence-electron chi connectivity index (χ3n) is 3.28. The molecular weight excluding hydrogens is 282 g/mol. The van der Waals surface area contributed by atoms with Crippen molar-refractivity contribution in [1.29, 1.82) is 0 Å². The first-order valence-electron chi connectivity index (χ1n) is 6.73. The number of nitro groups is 1. The Bertz CT molecular complexity index is 726. The lowest BCUT2D eigenvalue weighted by atomic mass is 10.1. The maximum atomic E-state index is 12.2. The molecule has 1 amide bonds. The maximum absolute atomic E-state index is 12.2. The number of aryl methyl sites for hydroxylation is 1. The van der Waals surface area contributed by atoms with Crippen molar-refractivity contribution in [2.75, 3.05) is 24.3 Å². The van der Waals surface area contributed by atoms with Gasteiger partial charge in [-0.05, 0) is 36.8 Å². The molecule has 2 aromatic rings. The van der Waals surface area contributed by atoms with E-state index in [0.29, 0.717) is 5.69 Å². The summed E-state index contributed by atoms with van der Waals surface area (Å²) in [6.07, 6.45) is 0. The van der Waals surface area contributed by atoms with Crippen LogP contribution < -0.4 is 10.2 Å². The summed E-state index contributed by atoms with van der Waals surface area (Å²) in [7, 11) is 3.88. The van der Waals surface area contributed by atoms with Gasteiger partial charge in [0.15, 0.2) is 0 Å². The van der Waals surface area contributed by atoms with Crippen molar-refractivity contribution < 1.29 is 9.72 Å². The highest BCUT2D eigenvalue weighted by atomic mass is 16.6. The molecule has 0 heterocycles. The largest absolute Gasteiger partial charge is 0.377 e. The third-order valence-corrected chi connectivity index (χ3v) is 3.28. The number of nitro benzene ring substituents is 1. The van der Waals surface area contributed by atoms with E-state index in [1.54, 1.807) is 12.1 Å². The molecule has 6 nitrogen and oxygen atoms in total. The first-order chi connectivity index (χ1) is 10.4. The van der Waals surface area contributed by atoms with E-state index in [0.717, 1.165) is 11.3 Å². The highest BCUT2D eigenvalue weighted by Crippen LogP contribution is 2.23. The SMILES string of the molecule is Cc1cc(NC(=O)c2ccccc2[N+](=O)[O-])ccc1N(C)C. The number of benzene rings is 2. The van der Waals surface area contributed by atoms with E-state index < -0.39 is 10.8 Å². The van der Waals surface area contributed by atoms with Gasteiger partial charge in [0.05, 0.1) is 4.92 Å². The lowest BCUT2D eigenvalue weighted by Crippen LogP contribution is -2.15. The Hall–Kier alpha value is -2.89. The van der Waals surface area contributed by atoms with Crippen LogP contribution in [0.1, 0.15) is 15.9 Å². The molecule has 1 N–H and O–H groups in total. The minimum absolute atomic E-state index is 0.0434. The highest BCUT2D eigenvalue weighted by molar-refractivity contribution is 6.07. The molecule has 0 fully saturated rings. The number of nitrogens with zero attached hydrogens (tertiary/aromatic N) is 2. The van der Waals surface area contributed by atoms with Gasteiger partial charge in [-0.2, -0.15) is 0 Å². The molecule has 114 valence electrons. The number of nitrogens with one attached hydrogen (secondary N) is 1. The quantitative estimate of drug-likeness (QED) is 0.694. The fraction of sp³-hybridized carbons (Fsp3) is 0.188. The van der Waals surface area contributed by atoms with Gasteiger partial charge in [0, 0.05) is 31.5 Å². The molecule has 2 aromatic carbocycles. The number of anilines is 2. The average molecular weight is 299 g/mol. The van der Waals surface area contributed by atoms with Crippen molar-refractivity contribution >= 4 is 23.0 Å². The third kappa shape index (κ3) is 3.22. The van der Waals surface area contributed by atoms with Gasteiger partial charge in [-0.3, -0.25) is 14.9 Å². The zero-order chi connectivity index (χ0) is 16.3. The van der Waals surface area contributed by atoms with Gasteiger partial charge in [0.2, 0.25) is 0 Å². The molecule has 0 spiro atoms. The van der Waals surface area contributed by atoms with Crippen molar-refractivity contribution in [3.05, 3.63) is 63.7 Å². The summed E-state index contributed by atoms with van der Waals surface area (Å²) < 4.78 is 0. The molecule has 0 radical (unpaired) electrons. The summed E-state index contributed by atoms with van der Waals surface area (Å²) >= 11 is 0. The van der Waals surface area contributed by atoms with Gasteiger partial charge >= 0.3 is 0 Å². The van der Waals surface area contributed by atoms with Gasteiger partial charge in [0.25, 0.3) is 11.6 Å². The fourth-order valence-corrected chi connectivity index (χ4v) is 2.26. The predicted octanol–water partition coefficient (Wildman–Crippen LogP) is 3.22. The first kappa shape index (κ1) is 15.5. The molecule has 0 aliphatic rings. The second kappa shape index (κ2) is 6.26. The van der Waals surface area contributed by atoms with E-state index in [1.807, 2.05) is 38.1 Å². The molecule has 0 atom stereocenters. The van der Waals surface area contributed by atoms with E-state index in [4.69, 9.17) is 0 Å². The van der Waals surface area contributed by atoms with Crippen LogP contribution in [-0.2, 0) is 0 Å². The molecule has 0 bridgehead atoms. The zero-order valence-electron chi connectivity index (χ0n) is 12.7. The number of carbonyl (C=O) groups is 1. The Morgan fingerprint density at radius 3 is 2.45 bits per heavy atom. The van der Waals surface area contributed by atoms with Crippen molar-refractivity contribution in [2.45, 2.75) is 6.92 Å². The van der Waals surface area contributed by atoms with Gasteiger partial charge in [-0.25, -0.2) is 0 Å². The summed E-state index contributed by atoms with van der Waals surface area (Å²) in [5.41, 5.74) is 2.49. The van der Waals surface area contributed by atoms with E-state index in [-0.39, 0.29) is 11.3 Å². The Kier molecular flexibility index (Phi) is 4.41. The number of amides is 1. The lowest BCUT2D eigenvalue weighted by molar-refractivity contribution is -0.385.